The Hall–Kier alpha value is -1.34. The van der Waals surface area contributed by atoms with Crippen molar-refractivity contribution in [2.24, 2.45) is 0 Å². The summed E-state index contributed by atoms with van der Waals surface area (Å²) in [5, 5.41) is 20.2. The standard InChI is InChI=1S/C12H21N3O4/c16-8-3-10(11(17)18)13-12(19)15-6-4-14(5-7-15)9-1-2-9/h9-10,16H,1-8H2,(H,13,19)(H,17,18)/t10-/m0/s1. The van der Waals surface area contributed by atoms with Crippen molar-refractivity contribution in [3.8, 4) is 0 Å². The Labute approximate surface area is 112 Å². The third-order valence-electron chi connectivity index (χ3n) is 3.68. The van der Waals surface area contributed by atoms with Gasteiger partial charge in [-0.05, 0) is 12.8 Å². The van der Waals surface area contributed by atoms with E-state index in [-0.39, 0.29) is 19.1 Å². The van der Waals surface area contributed by atoms with Gasteiger partial charge in [0.25, 0.3) is 0 Å². The molecule has 7 heteroatoms. The van der Waals surface area contributed by atoms with Gasteiger partial charge in [0.1, 0.15) is 6.04 Å². The topological polar surface area (TPSA) is 93.1 Å². The van der Waals surface area contributed by atoms with E-state index < -0.39 is 12.0 Å². The summed E-state index contributed by atoms with van der Waals surface area (Å²) in [5.74, 6) is -1.11. The van der Waals surface area contributed by atoms with Crippen LogP contribution in [0.2, 0.25) is 0 Å². The summed E-state index contributed by atoms with van der Waals surface area (Å²) in [5.41, 5.74) is 0. The predicted molar refractivity (Wildman–Crippen MR) is 67.8 cm³/mol. The number of carboxylic acid groups (broad SMARTS) is 1. The summed E-state index contributed by atoms with van der Waals surface area (Å²) >= 11 is 0. The first kappa shape index (κ1) is 14.1. The van der Waals surface area contributed by atoms with E-state index in [1.165, 1.54) is 12.8 Å². The molecule has 2 aliphatic rings. The Balaban J connectivity index is 1.77. The Bertz CT molecular complexity index is 338. The van der Waals surface area contributed by atoms with Gasteiger partial charge in [-0.1, -0.05) is 0 Å². The van der Waals surface area contributed by atoms with E-state index in [0.29, 0.717) is 19.1 Å². The second-order valence-corrected chi connectivity index (χ2v) is 5.11. The summed E-state index contributed by atoms with van der Waals surface area (Å²) in [4.78, 5) is 26.9. The quantitative estimate of drug-likeness (QED) is 0.615. The molecule has 0 aromatic rings. The number of nitrogens with zero attached hydrogens (tertiary/aromatic N) is 2. The van der Waals surface area contributed by atoms with Crippen LogP contribution >= 0.6 is 0 Å². The van der Waals surface area contributed by atoms with Gasteiger partial charge < -0.3 is 20.4 Å². The zero-order chi connectivity index (χ0) is 13.8. The minimum absolute atomic E-state index is 0.0309. The molecule has 2 fully saturated rings. The normalized spacial score (nSPS) is 22.1. The van der Waals surface area contributed by atoms with Crippen LogP contribution in [0.1, 0.15) is 19.3 Å². The van der Waals surface area contributed by atoms with Crippen LogP contribution in [0.4, 0.5) is 4.79 Å². The van der Waals surface area contributed by atoms with Crippen LogP contribution in [0.15, 0.2) is 0 Å². The molecule has 0 unspecified atom stereocenters. The highest BCUT2D eigenvalue weighted by molar-refractivity contribution is 5.82. The van der Waals surface area contributed by atoms with Crippen molar-refractivity contribution < 1.29 is 19.8 Å². The number of urea groups is 1. The van der Waals surface area contributed by atoms with Crippen molar-refractivity contribution in [3.63, 3.8) is 0 Å². The van der Waals surface area contributed by atoms with Crippen LogP contribution < -0.4 is 5.32 Å². The molecular formula is C12H21N3O4. The largest absolute Gasteiger partial charge is 0.480 e. The number of nitrogens with one attached hydrogen (secondary N) is 1. The zero-order valence-electron chi connectivity index (χ0n) is 10.9. The maximum absolute atomic E-state index is 11.9. The third-order valence-corrected chi connectivity index (χ3v) is 3.68. The highest BCUT2D eigenvalue weighted by Gasteiger charge is 2.32. The molecule has 0 aromatic carbocycles. The zero-order valence-corrected chi connectivity index (χ0v) is 10.9. The molecule has 19 heavy (non-hydrogen) atoms. The monoisotopic (exact) mass is 271 g/mol. The molecule has 1 saturated carbocycles. The van der Waals surface area contributed by atoms with E-state index in [1.54, 1.807) is 4.90 Å². The molecular weight excluding hydrogens is 250 g/mol. The van der Waals surface area contributed by atoms with E-state index in [0.717, 1.165) is 13.1 Å². The lowest BCUT2D eigenvalue weighted by Crippen LogP contribution is -2.55. The van der Waals surface area contributed by atoms with Gasteiger partial charge in [-0.3, -0.25) is 4.90 Å². The lowest BCUT2D eigenvalue weighted by Gasteiger charge is -2.35. The summed E-state index contributed by atoms with van der Waals surface area (Å²) in [6.07, 6.45) is 2.54. The van der Waals surface area contributed by atoms with Crippen LogP contribution in [0.25, 0.3) is 0 Å². The highest BCUT2D eigenvalue weighted by Crippen LogP contribution is 2.27. The van der Waals surface area contributed by atoms with Gasteiger partial charge in [0.15, 0.2) is 0 Å². The SMILES string of the molecule is O=C(O)[C@H](CCO)NC(=O)N1CCN(C2CC2)CC1. The number of aliphatic hydroxyl groups is 1. The van der Waals surface area contributed by atoms with Crippen LogP contribution in [0.5, 0.6) is 0 Å². The molecule has 1 aliphatic heterocycles. The van der Waals surface area contributed by atoms with Crippen LogP contribution in [0, 0.1) is 0 Å². The summed E-state index contributed by atoms with van der Waals surface area (Å²) in [6, 6.07) is -0.665. The fourth-order valence-corrected chi connectivity index (χ4v) is 2.36. The number of hydrogen-bond donors (Lipinski definition) is 3. The van der Waals surface area contributed by atoms with Crippen molar-refractivity contribution in [1.29, 1.82) is 0 Å². The minimum Gasteiger partial charge on any atom is -0.480 e. The molecule has 0 bridgehead atoms. The first-order valence-corrected chi connectivity index (χ1v) is 6.75. The maximum Gasteiger partial charge on any atom is 0.326 e. The second-order valence-electron chi connectivity index (χ2n) is 5.11. The third kappa shape index (κ3) is 3.81. The number of carbonyl (C=O) groups excluding carboxylic acids is 1. The highest BCUT2D eigenvalue weighted by atomic mass is 16.4. The molecule has 1 atom stereocenters. The van der Waals surface area contributed by atoms with E-state index >= 15 is 0 Å². The second kappa shape index (κ2) is 6.21. The van der Waals surface area contributed by atoms with Crippen LogP contribution in [-0.4, -0.2) is 76.9 Å². The van der Waals surface area contributed by atoms with Gasteiger partial charge in [-0.2, -0.15) is 0 Å². The first-order valence-electron chi connectivity index (χ1n) is 6.75. The molecule has 1 saturated heterocycles. The van der Waals surface area contributed by atoms with E-state index in [4.69, 9.17) is 10.2 Å². The Morgan fingerprint density at radius 3 is 2.32 bits per heavy atom. The number of rotatable bonds is 5. The number of amides is 2. The summed E-state index contributed by atoms with van der Waals surface area (Å²) in [7, 11) is 0. The maximum atomic E-state index is 11.9. The fraction of sp³-hybridized carbons (Fsp3) is 0.833. The molecule has 2 amide bonds. The Morgan fingerprint density at radius 1 is 1.21 bits per heavy atom. The average molecular weight is 271 g/mol. The van der Waals surface area contributed by atoms with Gasteiger partial charge in [-0.25, -0.2) is 9.59 Å². The van der Waals surface area contributed by atoms with Gasteiger partial charge in [0.05, 0.1) is 0 Å². The van der Waals surface area contributed by atoms with Gasteiger partial charge in [-0.15, -0.1) is 0 Å². The van der Waals surface area contributed by atoms with Crippen molar-refractivity contribution in [1.82, 2.24) is 15.1 Å². The molecule has 3 N–H and O–H groups in total. The Kier molecular flexibility index (Phi) is 4.60. The van der Waals surface area contributed by atoms with Crippen molar-refractivity contribution in [2.75, 3.05) is 32.8 Å². The van der Waals surface area contributed by atoms with Crippen LogP contribution in [-0.2, 0) is 4.79 Å². The lowest BCUT2D eigenvalue weighted by molar-refractivity contribution is -0.139. The van der Waals surface area contributed by atoms with Crippen molar-refractivity contribution >= 4 is 12.0 Å². The number of hydrogen-bond acceptors (Lipinski definition) is 4. The van der Waals surface area contributed by atoms with Gasteiger partial charge >= 0.3 is 12.0 Å². The van der Waals surface area contributed by atoms with Crippen molar-refractivity contribution in [2.45, 2.75) is 31.3 Å². The lowest BCUT2D eigenvalue weighted by atomic mass is 10.2. The molecule has 1 aliphatic carbocycles. The number of carboxylic acids is 1. The predicted octanol–water partition coefficient (Wildman–Crippen LogP) is -0.688. The minimum atomic E-state index is -1.11. The Morgan fingerprint density at radius 2 is 1.84 bits per heavy atom. The van der Waals surface area contributed by atoms with Crippen LogP contribution in [0.3, 0.4) is 0 Å². The molecule has 0 aromatic heterocycles. The first-order chi connectivity index (χ1) is 9.11. The van der Waals surface area contributed by atoms with Crippen molar-refractivity contribution in [3.05, 3.63) is 0 Å². The number of piperazine rings is 1. The van der Waals surface area contributed by atoms with Gasteiger partial charge in [0, 0.05) is 45.2 Å². The molecule has 0 radical (unpaired) electrons. The smallest absolute Gasteiger partial charge is 0.326 e. The molecule has 108 valence electrons. The summed E-state index contributed by atoms with van der Waals surface area (Å²) in [6.45, 7) is 2.72. The number of carbonyl (C=O) groups is 2. The fourth-order valence-electron chi connectivity index (χ4n) is 2.36. The number of aliphatic carboxylic acids is 1. The number of aliphatic hydroxyl groups excluding tert-OH is 1. The van der Waals surface area contributed by atoms with E-state index in [1.807, 2.05) is 0 Å². The molecule has 0 spiro atoms. The van der Waals surface area contributed by atoms with E-state index in [9.17, 15) is 9.59 Å². The molecule has 2 rings (SSSR count). The summed E-state index contributed by atoms with van der Waals surface area (Å²) < 4.78 is 0. The average Bonchev–Trinajstić information content (AvgIpc) is 3.22. The van der Waals surface area contributed by atoms with Gasteiger partial charge in [0.2, 0.25) is 0 Å². The molecule has 7 nitrogen and oxygen atoms in total. The molecule has 1 heterocycles. The van der Waals surface area contributed by atoms with E-state index in [2.05, 4.69) is 10.2 Å².